The maximum absolute atomic E-state index is 12.4. The predicted octanol–water partition coefficient (Wildman–Crippen LogP) is 7.93. The number of hydrogen-bond donors (Lipinski definition) is 4. The van der Waals surface area contributed by atoms with E-state index >= 15 is 0 Å². The van der Waals surface area contributed by atoms with Crippen LogP contribution in [0.2, 0.25) is 0 Å². The Kier molecular flexibility index (Phi) is 14.7. The molecule has 0 aromatic carbocycles. The van der Waals surface area contributed by atoms with Crippen molar-refractivity contribution >= 4 is 15.2 Å². The molecule has 0 rings (SSSR count). The zero-order valence-electron chi connectivity index (χ0n) is 22.0. The molecule has 0 radical (unpaired) electrons. The minimum atomic E-state index is -5.13. The van der Waals surface area contributed by atoms with Gasteiger partial charge in [-0.05, 0) is 99.8 Å². The minimum absolute atomic E-state index is 0.380. The van der Waals surface area contributed by atoms with Gasteiger partial charge in [-0.1, -0.05) is 58.2 Å². The molecule has 6 nitrogen and oxygen atoms in total. The van der Waals surface area contributed by atoms with Crippen LogP contribution in [0.25, 0.3) is 0 Å². The van der Waals surface area contributed by atoms with Gasteiger partial charge in [-0.2, -0.15) is 0 Å². The van der Waals surface area contributed by atoms with Gasteiger partial charge in [0.05, 0.1) is 0 Å². The molecule has 196 valence electrons. The molecule has 0 amide bonds. The normalized spacial score (nSPS) is 14.3. The van der Waals surface area contributed by atoms with Gasteiger partial charge < -0.3 is 19.6 Å². The van der Waals surface area contributed by atoms with Crippen molar-refractivity contribution in [1.29, 1.82) is 0 Å². The Morgan fingerprint density at radius 3 is 1.15 bits per heavy atom. The Morgan fingerprint density at radius 2 is 0.853 bits per heavy atom. The van der Waals surface area contributed by atoms with Gasteiger partial charge in [-0.15, -0.1) is 0 Å². The van der Waals surface area contributed by atoms with Gasteiger partial charge in [0.25, 0.3) is 0 Å². The minimum Gasteiger partial charge on any atom is -0.324 e. The van der Waals surface area contributed by atoms with E-state index in [-0.39, 0.29) is 12.8 Å². The van der Waals surface area contributed by atoms with Crippen molar-refractivity contribution in [3.63, 3.8) is 0 Å². The number of allylic oxidation sites excluding steroid dienone is 10. The van der Waals surface area contributed by atoms with Crippen LogP contribution in [0.15, 0.2) is 58.2 Å². The molecule has 0 bridgehead atoms. The quantitative estimate of drug-likeness (QED) is 0.130. The highest BCUT2D eigenvalue weighted by molar-refractivity contribution is 7.72. The third kappa shape index (κ3) is 12.6. The summed E-state index contributed by atoms with van der Waals surface area (Å²) >= 11 is 0. The molecule has 0 unspecified atom stereocenters. The zero-order valence-corrected chi connectivity index (χ0v) is 23.8. The molecule has 0 aliphatic heterocycles. The molecule has 0 fully saturated rings. The highest BCUT2D eigenvalue weighted by Gasteiger charge is 2.58. The molecule has 34 heavy (non-hydrogen) atoms. The summed E-state index contributed by atoms with van der Waals surface area (Å²) < 4.78 is 24.8. The molecular weight excluding hydrogens is 470 g/mol. The van der Waals surface area contributed by atoms with E-state index < -0.39 is 20.1 Å². The summed E-state index contributed by atoms with van der Waals surface area (Å²) in [6.45, 7) is 13.8. The lowest BCUT2D eigenvalue weighted by atomic mass is 10.0. The topological polar surface area (TPSA) is 115 Å². The van der Waals surface area contributed by atoms with E-state index in [1.807, 2.05) is 27.7 Å². The fourth-order valence-corrected chi connectivity index (χ4v) is 6.11. The average Bonchev–Trinajstić information content (AvgIpc) is 2.65. The molecule has 0 aromatic heterocycles. The first-order valence-corrected chi connectivity index (χ1v) is 15.1. The van der Waals surface area contributed by atoms with Crippen molar-refractivity contribution in [2.45, 2.75) is 105 Å². The summed E-state index contributed by atoms with van der Waals surface area (Å²) in [6.07, 6.45) is 13.6. The summed E-state index contributed by atoms with van der Waals surface area (Å²) in [4.78, 5) is 37.7. The fourth-order valence-electron chi connectivity index (χ4n) is 3.43. The van der Waals surface area contributed by atoms with Gasteiger partial charge >= 0.3 is 15.2 Å². The van der Waals surface area contributed by atoms with Crippen molar-refractivity contribution in [1.82, 2.24) is 0 Å². The predicted molar refractivity (Wildman–Crippen MR) is 144 cm³/mol. The van der Waals surface area contributed by atoms with Crippen LogP contribution in [0.5, 0.6) is 0 Å². The Balaban J connectivity index is 5.50. The fraction of sp³-hybridized carbons (Fsp3) is 0.615. The standard InChI is InChI=1S/C26H46O6P2/c1-21(2)11-8-13-23(5)15-10-16-25(7)18-20-26(33(27,28)29,34(30,31)32)19-17-24(6)14-9-12-22(3)4/h11-12,15,17-18H,8-10,13-14,16,19-20H2,1-7H3,(H2,27,28,29)(H2,30,31,32)/b23-15+,24-17+,25-18-. The summed E-state index contributed by atoms with van der Waals surface area (Å²) in [7, 11) is -10.3. The van der Waals surface area contributed by atoms with Crippen molar-refractivity contribution in [3.05, 3.63) is 58.2 Å². The van der Waals surface area contributed by atoms with Gasteiger partial charge in [0.15, 0.2) is 4.90 Å². The Bertz CT molecular complexity index is 866. The molecular formula is C26H46O6P2. The summed E-state index contributed by atoms with van der Waals surface area (Å²) in [6, 6.07) is 0. The molecule has 0 aliphatic carbocycles. The number of rotatable bonds is 15. The molecule has 0 spiro atoms. The first-order valence-electron chi connectivity index (χ1n) is 11.9. The maximum atomic E-state index is 12.4. The highest BCUT2D eigenvalue weighted by atomic mass is 31.2. The first-order chi connectivity index (χ1) is 15.5. The molecule has 0 aliphatic rings. The van der Waals surface area contributed by atoms with Crippen LogP contribution in [0.4, 0.5) is 0 Å². The third-order valence-electron chi connectivity index (χ3n) is 5.85. The van der Waals surface area contributed by atoms with E-state index in [0.29, 0.717) is 12.8 Å². The monoisotopic (exact) mass is 516 g/mol. The van der Waals surface area contributed by atoms with Crippen LogP contribution >= 0.6 is 15.2 Å². The van der Waals surface area contributed by atoms with E-state index in [0.717, 1.165) is 36.8 Å². The summed E-state index contributed by atoms with van der Waals surface area (Å²) in [5.74, 6) is 0. The second-order valence-electron chi connectivity index (χ2n) is 9.81. The van der Waals surface area contributed by atoms with Crippen LogP contribution < -0.4 is 0 Å². The van der Waals surface area contributed by atoms with Gasteiger partial charge in [0, 0.05) is 0 Å². The molecule has 0 heterocycles. The van der Waals surface area contributed by atoms with E-state index in [2.05, 4.69) is 39.0 Å². The SMILES string of the molecule is CC(C)=CCC/C(C)=C/CC/C(C)=C\CC(C/C=C(\C)CCC=C(C)C)(P(=O)(O)O)P(=O)(O)O. The Morgan fingerprint density at radius 1 is 0.559 bits per heavy atom. The zero-order chi connectivity index (χ0) is 26.6. The van der Waals surface area contributed by atoms with Gasteiger partial charge in [0.1, 0.15) is 0 Å². The van der Waals surface area contributed by atoms with Crippen LogP contribution in [0.1, 0.15) is 99.8 Å². The van der Waals surface area contributed by atoms with Crippen LogP contribution in [-0.4, -0.2) is 24.5 Å². The highest BCUT2D eigenvalue weighted by Crippen LogP contribution is 2.72. The average molecular weight is 517 g/mol. The summed E-state index contributed by atoms with van der Waals surface area (Å²) in [5, 5.41) is 0. The Hall–Kier alpha value is -1.00. The molecule has 4 N–H and O–H groups in total. The smallest absolute Gasteiger partial charge is 0.324 e. The van der Waals surface area contributed by atoms with E-state index in [1.54, 1.807) is 12.2 Å². The lowest BCUT2D eigenvalue weighted by Gasteiger charge is -2.33. The van der Waals surface area contributed by atoms with Crippen molar-refractivity contribution < 1.29 is 28.7 Å². The first kappa shape index (κ1) is 33.0. The van der Waals surface area contributed by atoms with Gasteiger partial charge in [-0.3, -0.25) is 9.13 Å². The third-order valence-corrected chi connectivity index (χ3v) is 10.3. The van der Waals surface area contributed by atoms with Gasteiger partial charge in [-0.25, -0.2) is 0 Å². The van der Waals surface area contributed by atoms with Crippen molar-refractivity contribution in [2.24, 2.45) is 0 Å². The molecule has 0 aromatic rings. The summed E-state index contributed by atoms with van der Waals surface area (Å²) in [5.41, 5.74) is 5.44. The second kappa shape index (κ2) is 15.2. The van der Waals surface area contributed by atoms with Gasteiger partial charge in [0.2, 0.25) is 0 Å². The van der Waals surface area contributed by atoms with Crippen molar-refractivity contribution in [3.8, 4) is 0 Å². The molecule has 0 saturated heterocycles. The van der Waals surface area contributed by atoms with E-state index in [4.69, 9.17) is 0 Å². The largest absolute Gasteiger partial charge is 0.344 e. The van der Waals surface area contributed by atoms with Crippen LogP contribution in [-0.2, 0) is 9.13 Å². The van der Waals surface area contributed by atoms with E-state index in [9.17, 15) is 28.7 Å². The van der Waals surface area contributed by atoms with Crippen molar-refractivity contribution in [2.75, 3.05) is 0 Å². The maximum Gasteiger partial charge on any atom is 0.344 e. The molecule has 0 saturated carbocycles. The lowest BCUT2D eigenvalue weighted by molar-refractivity contribution is 0.307. The van der Waals surface area contributed by atoms with Crippen LogP contribution in [0.3, 0.4) is 0 Å². The number of hydrogen-bond acceptors (Lipinski definition) is 2. The Labute approximate surface area is 207 Å². The second-order valence-corrected chi connectivity index (χ2v) is 14.1. The lowest BCUT2D eigenvalue weighted by Crippen LogP contribution is -2.28. The molecule has 8 heteroatoms. The van der Waals surface area contributed by atoms with E-state index in [1.165, 1.54) is 16.7 Å². The van der Waals surface area contributed by atoms with Crippen LogP contribution in [0, 0.1) is 0 Å². The molecule has 0 atom stereocenters.